The van der Waals surface area contributed by atoms with E-state index in [1.54, 1.807) is 16.7 Å². The molecule has 3 amide bonds. The van der Waals surface area contributed by atoms with Gasteiger partial charge in [0, 0.05) is 29.6 Å². The summed E-state index contributed by atoms with van der Waals surface area (Å²) < 4.78 is -0.584. The molecule has 3 heterocycles. The molecule has 0 aliphatic carbocycles. The van der Waals surface area contributed by atoms with E-state index in [1.165, 1.54) is 0 Å². The van der Waals surface area contributed by atoms with E-state index >= 15 is 0 Å². The Morgan fingerprint density at radius 2 is 1.78 bits per heavy atom. The third-order valence-corrected chi connectivity index (χ3v) is 9.84. The van der Waals surface area contributed by atoms with Gasteiger partial charge in [-0.15, -0.1) is 11.8 Å². The lowest BCUT2D eigenvalue weighted by Gasteiger charge is -2.38. The molecule has 37 heavy (non-hydrogen) atoms. The average molecular weight is 530 g/mol. The molecule has 4 rings (SSSR count). The lowest BCUT2D eigenvalue weighted by Crippen LogP contribution is -2.58. The van der Waals surface area contributed by atoms with E-state index in [2.05, 4.69) is 31.4 Å². The number of anilines is 1. The molecule has 2 unspecified atom stereocenters. The van der Waals surface area contributed by atoms with Crippen LogP contribution < -0.4 is 10.6 Å². The van der Waals surface area contributed by atoms with Crippen LogP contribution in [0, 0.1) is 17.3 Å². The number of nitrogens with one attached hydrogen (secondary N) is 2. The Labute approximate surface area is 225 Å². The first-order valence-electron chi connectivity index (χ1n) is 13.7. The number of hydrogen-bond donors (Lipinski definition) is 3. The quantitative estimate of drug-likeness (QED) is 0.395. The van der Waals surface area contributed by atoms with Gasteiger partial charge in [0.1, 0.15) is 6.04 Å². The second-order valence-corrected chi connectivity index (χ2v) is 14.4. The Bertz CT molecular complexity index is 1010. The van der Waals surface area contributed by atoms with Gasteiger partial charge < -0.3 is 20.6 Å². The number of likely N-dealkylation sites (tertiary alicyclic amines) is 1. The summed E-state index contributed by atoms with van der Waals surface area (Å²) in [5.41, 5.74) is 0.328. The predicted octanol–water partition coefficient (Wildman–Crippen LogP) is 4.21. The molecule has 3 fully saturated rings. The fourth-order valence-electron chi connectivity index (χ4n) is 7.08. The van der Waals surface area contributed by atoms with Crippen LogP contribution in [0.1, 0.15) is 73.1 Å². The van der Waals surface area contributed by atoms with Crippen LogP contribution in [-0.4, -0.2) is 62.5 Å². The van der Waals surface area contributed by atoms with Crippen molar-refractivity contribution in [2.24, 2.45) is 17.3 Å². The minimum atomic E-state index is -0.595. The second-order valence-electron chi connectivity index (χ2n) is 12.8. The van der Waals surface area contributed by atoms with Crippen LogP contribution in [0.25, 0.3) is 0 Å². The van der Waals surface area contributed by atoms with Crippen molar-refractivity contribution in [3.8, 4) is 0 Å². The van der Waals surface area contributed by atoms with Crippen molar-refractivity contribution in [3.63, 3.8) is 0 Å². The van der Waals surface area contributed by atoms with Gasteiger partial charge in [0.2, 0.25) is 17.7 Å². The first-order valence-corrected chi connectivity index (χ1v) is 14.5. The lowest BCUT2D eigenvalue weighted by atomic mass is 9.70. The number of carbonyl (C=O) groups excluding carboxylic acids is 3. The molecule has 2 bridgehead atoms. The number of para-hydroxylation sites is 1. The zero-order valence-corrected chi connectivity index (χ0v) is 23.7. The number of unbranched alkanes of at least 4 members (excludes halogenated alkanes) is 2. The van der Waals surface area contributed by atoms with Crippen LogP contribution in [0.3, 0.4) is 0 Å². The van der Waals surface area contributed by atoms with E-state index < -0.39 is 28.2 Å². The topological polar surface area (TPSA) is 98.7 Å². The normalized spacial score (nSPS) is 28.9. The third-order valence-electron chi connectivity index (χ3n) is 7.88. The first kappa shape index (κ1) is 28.0. The van der Waals surface area contributed by atoms with Crippen molar-refractivity contribution in [2.45, 2.75) is 94.7 Å². The molecule has 1 aromatic rings. The highest BCUT2D eigenvalue weighted by atomic mass is 32.2. The highest BCUT2D eigenvalue weighted by molar-refractivity contribution is 8.02. The monoisotopic (exact) mass is 529 g/mol. The number of carbonyl (C=O) groups is 3. The molecule has 1 aromatic carbocycles. The summed E-state index contributed by atoms with van der Waals surface area (Å²) in [4.78, 5) is 43.3. The van der Waals surface area contributed by atoms with E-state index in [9.17, 15) is 19.5 Å². The number of thioether (sulfide) groups is 1. The van der Waals surface area contributed by atoms with Gasteiger partial charge in [-0.2, -0.15) is 0 Å². The molecule has 0 radical (unpaired) electrons. The number of rotatable bonds is 10. The second kappa shape index (κ2) is 10.6. The van der Waals surface area contributed by atoms with Gasteiger partial charge in [-0.25, -0.2) is 0 Å². The molecule has 5 atom stereocenters. The van der Waals surface area contributed by atoms with Gasteiger partial charge in [0.05, 0.1) is 16.6 Å². The zero-order valence-electron chi connectivity index (χ0n) is 22.9. The van der Waals surface area contributed by atoms with E-state index in [4.69, 9.17) is 0 Å². The minimum Gasteiger partial charge on any atom is -0.396 e. The maximum atomic E-state index is 14.0. The van der Waals surface area contributed by atoms with Gasteiger partial charge in [-0.05, 0) is 69.9 Å². The fourth-order valence-corrected chi connectivity index (χ4v) is 9.30. The molecule has 1 spiro atoms. The molecule has 3 aliphatic rings. The number of nitrogens with zero attached hydrogens (tertiary/aromatic N) is 1. The van der Waals surface area contributed by atoms with E-state index in [0.717, 1.165) is 37.8 Å². The molecule has 7 nitrogen and oxygen atoms in total. The predicted molar refractivity (Wildman–Crippen MR) is 148 cm³/mol. The van der Waals surface area contributed by atoms with Crippen LogP contribution in [0.5, 0.6) is 0 Å². The van der Waals surface area contributed by atoms with E-state index in [-0.39, 0.29) is 35.0 Å². The molecule has 0 aromatic heterocycles. The van der Waals surface area contributed by atoms with E-state index in [1.807, 2.05) is 44.2 Å². The number of aliphatic hydroxyl groups is 1. The Morgan fingerprint density at radius 1 is 1.08 bits per heavy atom. The van der Waals surface area contributed by atoms with Crippen molar-refractivity contribution in [3.05, 3.63) is 30.3 Å². The van der Waals surface area contributed by atoms with Gasteiger partial charge >= 0.3 is 0 Å². The molecule has 8 heteroatoms. The maximum absolute atomic E-state index is 14.0. The highest BCUT2D eigenvalue weighted by Gasteiger charge is 2.73. The molecule has 3 aliphatic heterocycles. The summed E-state index contributed by atoms with van der Waals surface area (Å²) in [6, 6.07) is 8.76. The summed E-state index contributed by atoms with van der Waals surface area (Å²) >= 11 is 1.70. The van der Waals surface area contributed by atoms with Crippen LogP contribution in [0.4, 0.5) is 5.69 Å². The zero-order chi connectivity index (χ0) is 27.0. The highest BCUT2D eigenvalue weighted by Crippen LogP contribution is 2.66. The summed E-state index contributed by atoms with van der Waals surface area (Å²) in [7, 11) is 0. The van der Waals surface area contributed by atoms with Crippen molar-refractivity contribution < 1.29 is 19.5 Å². The van der Waals surface area contributed by atoms with Gasteiger partial charge in [0.25, 0.3) is 0 Å². The number of hydrogen-bond acceptors (Lipinski definition) is 5. The Hall–Kier alpha value is -2.06. The summed E-state index contributed by atoms with van der Waals surface area (Å²) in [6.07, 6.45) is 4.57. The lowest BCUT2D eigenvalue weighted by molar-refractivity contribution is -0.139. The average Bonchev–Trinajstić information content (AvgIpc) is 3.43. The molecule has 204 valence electrons. The third kappa shape index (κ3) is 5.70. The van der Waals surface area contributed by atoms with Crippen LogP contribution >= 0.6 is 11.8 Å². The number of fused-ring (bicyclic) bond motifs is 1. The molecule has 0 saturated carbocycles. The SMILES string of the molecule is CC(C)(C)CC(C)(C)NC(=O)C1N(CCCCCO)C(=O)[C@@H]2[C@@H](C(=O)Nc3ccccc3)[C@H]3CCC12S3. The van der Waals surface area contributed by atoms with Crippen molar-refractivity contribution in [1.82, 2.24) is 10.2 Å². The van der Waals surface area contributed by atoms with Crippen LogP contribution in [0.15, 0.2) is 30.3 Å². The summed E-state index contributed by atoms with van der Waals surface area (Å²) in [5.74, 6) is -1.26. The van der Waals surface area contributed by atoms with Crippen molar-refractivity contribution >= 4 is 35.2 Å². The maximum Gasteiger partial charge on any atom is 0.244 e. The molecule has 3 N–H and O–H groups in total. The first-order chi connectivity index (χ1) is 17.4. The number of aliphatic hydroxyl groups excluding tert-OH is 1. The van der Waals surface area contributed by atoms with Crippen LogP contribution in [0.2, 0.25) is 0 Å². The molecular formula is C29H43N3O4S. The Balaban J connectivity index is 1.62. The van der Waals surface area contributed by atoms with E-state index in [0.29, 0.717) is 13.0 Å². The van der Waals surface area contributed by atoms with Gasteiger partial charge in [0.15, 0.2) is 0 Å². The standard InChI is InChI=1S/C29H43N3O4S/c1-27(2,3)18-28(4,5)31-25(35)23-29-15-14-20(37-29)21(24(34)30-19-12-8-6-9-13-19)22(29)26(36)32(23)16-10-7-11-17-33/h6,8-9,12-13,20-23,33H,7,10-11,14-18H2,1-5H3,(H,30,34)(H,31,35)/t20-,21+,22+,23?,29?/m1/s1. The van der Waals surface area contributed by atoms with Gasteiger partial charge in [-0.3, -0.25) is 14.4 Å². The number of benzene rings is 1. The summed E-state index contributed by atoms with van der Waals surface area (Å²) in [6.45, 7) is 11.1. The van der Waals surface area contributed by atoms with Crippen molar-refractivity contribution in [2.75, 3.05) is 18.5 Å². The smallest absolute Gasteiger partial charge is 0.244 e. The Kier molecular flexibility index (Phi) is 8.01. The molecular weight excluding hydrogens is 486 g/mol. The largest absolute Gasteiger partial charge is 0.396 e. The minimum absolute atomic E-state index is 0.0343. The van der Waals surface area contributed by atoms with Crippen molar-refractivity contribution in [1.29, 1.82) is 0 Å². The van der Waals surface area contributed by atoms with Gasteiger partial charge in [-0.1, -0.05) is 39.0 Å². The fraction of sp³-hybridized carbons (Fsp3) is 0.690. The van der Waals surface area contributed by atoms with Crippen LogP contribution in [-0.2, 0) is 14.4 Å². The number of amides is 3. The molecule has 3 saturated heterocycles. The summed E-state index contributed by atoms with van der Waals surface area (Å²) in [5, 5.41) is 15.6. The Morgan fingerprint density at radius 3 is 2.43 bits per heavy atom.